The molecule has 1 atom stereocenters. The lowest BCUT2D eigenvalue weighted by molar-refractivity contribution is -0.154. The van der Waals surface area contributed by atoms with Gasteiger partial charge in [-0.05, 0) is 0 Å². The molecule has 0 heterocycles. The van der Waals surface area contributed by atoms with E-state index in [1.165, 1.54) is 0 Å². The first-order chi connectivity index (χ1) is 6.90. The number of rotatable bonds is 7. The van der Waals surface area contributed by atoms with Gasteiger partial charge in [0.15, 0.2) is 5.92 Å². The van der Waals surface area contributed by atoms with Crippen LogP contribution in [0.15, 0.2) is 0 Å². The van der Waals surface area contributed by atoms with Crippen molar-refractivity contribution in [2.45, 2.75) is 6.04 Å². The minimum absolute atomic E-state index is 0.0543. The van der Waals surface area contributed by atoms with Crippen LogP contribution in [0.4, 0.5) is 0 Å². The highest BCUT2D eigenvalue weighted by molar-refractivity contribution is 7.80. The maximum absolute atomic E-state index is 10.5. The van der Waals surface area contributed by atoms with Gasteiger partial charge in [0.2, 0.25) is 0 Å². The first-order valence-electron chi connectivity index (χ1n) is 3.92. The molecule has 0 radical (unpaired) electrons. The van der Waals surface area contributed by atoms with Crippen LogP contribution in [0.25, 0.3) is 0 Å². The zero-order valence-corrected chi connectivity index (χ0v) is 8.48. The van der Waals surface area contributed by atoms with Crippen LogP contribution in [0.3, 0.4) is 0 Å². The third kappa shape index (κ3) is 4.66. The standard InChI is InChI=1S/C7H11NO6S/c9-5(10)3(6(11)12)1-8-4(2-15)7(13)14/h3-4,8,15H,1-2H2,(H,9,10)(H,11,12)(H,13,14). The van der Waals surface area contributed by atoms with Crippen LogP contribution in [-0.2, 0) is 14.4 Å². The first-order valence-corrected chi connectivity index (χ1v) is 4.56. The maximum atomic E-state index is 10.5. The Morgan fingerprint density at radius 3 is 1.80 bits per heavy atom. The summed E-state index contributed by atoms with van der Waals surface area (Å²) in [6.07, 6.45) is 0. The summed E-state index contributed by atoms with van der Waals surface area (Å²) in [6.45, 7) is -0.456. The van der Waals surface area contributed by atoms with Crippen LogP contribution < -0.4 is 5.32 Å². The van der Waals surface area contributed by atoms with Crippen molar-refractivity contribution in [2.75, 3.05) is 12.3 Å². The molecule has 0 aromatic rings. The van der Waals surface area contributed by atoms with Gasteiger partial charge in [-0.25, -0.2) is 0 Å². The Labute approximate surface area is 90.5 Å². The van der Waals surface area contributed by atoms with E-state index in [-0.39, 0.29) is 5.75 Å². The summed E-state index contributed by atoms with van der Waals surface area (Å²) in [5.41, 5.74) is 0. The van der Waals surface area contributed by atoms with Crippen LogP contribution >= 0.6 is 12.6 Å². The Kier molecular flexibility index (Phi) is 5.72. The number of carboxylic acids is 3. The summed E-state index contributed by atoms with van der Waals surface area (Å²) in [5, 5.41) is 27.8. The van der Waals surface area contributed by atoms with E-state index in [9.17, 15) is 14.4 Å². The van der Waals surface area contributed by atoms with Crippen LogP contribution in [0, 0.1) is 5.92 Å². The summed E-state index contributed by atoms with van der Waals surface area (Å²) < 4.78 is 0. The Balaban J connectivity index is 4.26. The van der Waals surface area contributed by atoms with Crippen molar-refractivity contribution < 1.29 is 29.7 Å². The van der Waals surface area contributed by atoms with E-state index in [0.29, 0.717) is 0 Å². The zero-order chi connectivity index (χ0) is 12.0. The molecule has 0 bridgehead atoms. The second-order valence-electron chi connectivity index (χ2n) is 2.71. The van der Waals surface area contributed by atoms with Gasteiger partial charge in [-0.1, -0.05) is 0 Å². The molecule has 0 aliphatic heterocycles. The van der Waals surface area contributed by atoms with Gasteiger partial charge in [0.05, 0.1) is 0 Å². The second kappa shape index (κ2) is 6.25. The van der Waals surface area contributed by atoms with E-state index in [1.54, 1.807) is 0 Å². The molecule has 0 aromatic heterocycles. The highest BCUT2D eigenvalue weighted by Crippen LogP contribution is 1.97. The van der Waals surface area contributed by atoms with Gasteiger partial charge in [0, 0.05) is 12.3 Å². The van der Waals surface area contributed by atoms with Gasteiger partial charge in [-0.15, -0.1) is 0 Å². The number of hydrogen-bond donors (Lipinski definition) is 5. The molecule has 7 nitrogen and oxygen atoms in total. The molecule has 0 aromatic carbocycles. The third-order valence-corrected chi connectivity index (χ3v) is 2.01. The molecule has 0 spiro atoms. The van der Waals surface area contributed by atoms with Crippen molar-refractivity contribution in [3.8, 4) is 0 Å². The smallest absolute Gasteiger partial charge is 0.321 e. The van der Waals surface area contributed by atoms with Crippen molar-refractivity contribution in [1.82, 2.24) is 5.32 Å². The summed E-state index contributed by atoms with van der Waals surface area (Å²) in [4.78, 5) is 31.3. The van der Waals surface area contributed by atoms with Gasteiger partial charge in [-0.3, -0.25) is 14.4 Å². The fourth-order valence-electron chi connectivity index (χ4n) is 0.770. The molecule has 0 amide bonds. The number of thiol groups is 1. The lowest BCUT2D eigenvalue weighted by Gasteiger charge is -2.13. The molecule has 0 fully saturated rings. The number of carbonyl (C=O) groups is 3. The van der Waals surface area contributed by atoms with Gasteiger partial charge >= 0.3 is 17.9 Å². The molecule has 86 valence electrons. The van der Waals surface area contributed by atoms with Crippen LogP contribution in [0.2, 0.25) is 0 Å². The highest BCUT2D eigenvalue weighted by atomic mass is 32.1. The Bertz CT molecular complexity index is 254. The number of nitrogens with one attached hydrogen (secondary N) is 1. The quantitative estimate of drug-likeness (QED) is 0.276. The summed E-state index contributed by atoms with van der Waals surface area (Å²) in [5.74, 6) is -5.95. The fraction of sp³-hybridized carbons (Fsp3) is 0.571. The molecule has 0 saturated carbocycles. The molecule has 4 N–H and O–H groups in total. The molecule has 8 heteroatoms. The SMILES string of the molecule is O=C(O)C(CS)NCC(C(=O)O)C(=O)O. The normalized spacial score (nSPS) is 12.4. The van der Waals surface area contributed by atoms with E-state index in [4.69, 9.17) is 15.3 Å². The molecule has 1 unspecified atom stereocenters. The largest absolute Gasteiger partial charge is 0.481 e. The Morgan fingerprint density at radius 2 is 1.53 bits per heavy atom. The predicted octanol–water partition coefficient (Wildman–Crippen LogP) is -1.26. The molecule has 0 aliphatic carbocycles. The van der Waals surface area contributed by atoms with Crippen molar-refractivity contribution in [3.63, 3.8) is 0 Å². The summed E-state index contributed by atoms with van der Waals surface area (Å²) in [6, 6.07) is -1.06. The second-order valence-corrected chi connectivity index (χ2v) is 3.08. The van der Waals surface area contributed by atoms with Gasteiger partial charge in [0.25, 0.3) is 0 Å². The van der Waals surface area contributed by atoms with Gasteiger partial charge in [-0.2, -0.15) is 12.6 Å². The van der Waals surface area contributed by atoms with Crippen LogP contribution in [-0.4, -0.2) is 51.6 Å². The van der Waals surface area contributed by atoms with Crippen LogP contribution in [0.5, 0.6) is 0 Å². The Morgan fingerprint density at radius 1 is 1.07 bits per heavy atom. The third-order valence-electron chi connectivity index (χ3n) is 1.65. The topological polar surface area (TPSA) is 124 Å². The average Bonchev–Trinajstić information content (AvgIpc) is 2.10. The molecular formula is C7H11NO6S. The van der Waals surface area contributed by atoms with E-state index < -0.39 is 36.4 Å². The van der Waals surface area contributed by atoms with Crippen molar-refractivity contribution in [2.24, 2.45) is 5.92 Å². The first kappa shape index (κ1) is 13.7. The number of carboxylic acid groups (broad SMARTS) is 3. The van der Waals surface area contributed by atoms with E-state index in [0.717, 1.165) is 0 Å². The number of hydrogen-bond acceptors (Lipinski definition) is 5. The number of aliphatic carboxylic acids is 3. The van der Waals surface area contributed by atoms with E-state index in [1.807, 2.05) is 0 Å². The molecule has 0 saturated heterocycles. The molecule has 0 rings (SSSR count). The Hall–Kier alpha value is -1.28. The minimum Gasteiger partial charge on any atom is -0.481 e. The predicted molar refractivity (Wildman–Crippen MR) is 52.0 cm³/mol. The van der Waals surface area contributed by atoms with Crippen molar-refractivity contribution in [3.05, 3.63) is 0 Å². The van der Waals surface area contributed by atoms with Crippen molar-refractivity contribution >= 4 is 30.5 Å². The summed E-state index contributed by atoms with van der Waals surface area (Å²) >= 11 is 3.72. The van der Waals surface area contributed by atoms with Gasteiger partial charge in [0.1, 0.15) is 6.04 Å². The average molecular weight is 237 g/mol. The molecule has 0 aliphatic rings. The zero-order valence-electron chi connectivity index (χ0n) is 7.58. The van der Waals surface area contributed by atoms with E-state index >= 15 is 0 Å². The van der Waals surface area contributed by atoms with Crippen molar-refractivity contribution in [1.29, 1.82) is 0 Å². The lowest BCUT2D eigenvalue weighted by Crippen LogP contribution is -2.44. The summed E-state index contributed by atoms with van der Waals surface area (Å²) in [7, 11) is 0. The lowest BCUT2D eigenvalue weighted by atomic mass is 10.1. The van der Waals surface area contributed by atoms with Gasteiger partial charge < -0.3 is 20.6 Å². The molecule has 15 heavy (non-hydrogen) atoms. The monoisotopic (exact) mass is 237 g/mol. The fourth-order valence-corrected chi connectivity index (χ4v) is 1.06. The maximum Gasteiger partial charge on any atom is 0.321 e. The minimum atomic E-state index is -1.66. The van der Waals surface area contributed by atoms with Crippen LogP contribution in [0.1, 0.15) is 0 Å². The van der Waals surface area contributed by atoms with E-state index in [2.05, 4.69) is 17.9 Å². The highest BCUT2D eigenvalue weighted by Gasteiger charge is 2.27. The molecular weight excluding hydrogens is 226 g/mol.